The van der Waals surface area contributed by atoms with E-state index in [0.29, 0.717) is 5.02 Å². The first-order valence-corrected chi connectivity index (χ1v) is 11.1. The molecule has 1 aliphatic carbocycles. The van der Waals surface area contributed by atoms with E-state index in [1.54, 1.807) is 34.6 Å². The number of pyridine rings is 1. The Morgan fingerprint density at radius 3 is 3.13 bits per heavy atom. The fourth-order valence-corrected chi connectivity index (χ4v) is 5.51. The van der Waals surface area contributed by atoms with E-state index in [1.165, 1.54) is 10.4 Å². The number of nitrogens with one attached hydrogen (secondary N) is 1. The van der Waals surface area contributed by atoms with Crippen LogP contribution in [-0.2, 0) is 17.6 Å². The number of hydrogen-bond acceptors (Lipinski definition) is 6. The van der Waals surface area contributed by atoms with E-state index in [0.717, 1.165) is 53.0 Å². The van der Waals surface area contributed by atoms with Crippen LogP contribution in [-0.4, -0.2) is 44.0 Å². The smallest absolute Gasteiger partial charge is 0.225 e. The summed E-state index contributed by atoms with van der Waals surface area (Å²) in [5, 5.41) is 9.22. The van der Waals surface area contributed by atoms with Crippen LogP contribution in [0, 0.1) is 5.92 Å². The van der Waals surface area contributed by atoms with Gasteiger partial charge in [-0.3, -0.25) is 4.79 Å². The van der Waals surface area contributed by atoms with Gasteiger partial charge in [0.25, 0.3) is 0 Å². The number of anilines is 2. The zero-order valence-corrected chi connectivity index (χ0v) is 18.3. The van der Waals surface area contributed by atoms with Crippen LogP contribution in [0.4, 0.5) is 11.5 Å². The third kappa shape index (κ3) is 3.20. The summed E-state index contributed by atoms with van der Waals surface area (Å²) < 4.78 is 1.74. The Balaban J connectivity index is 1.51. The molecule has 7 nitrogen and oxygen atoms in total. The highest BCUT2D eigenvalue weighted by molar-refractivity contribution is 7.19. The van der Waals surface area contributed by atoms with Gasteiger partial charge in [0, 0.05) is 36.8 Å². The van der Waals surface area contributed by atoms with Gasteiger partial charge in [0.15, 0.2) is 0 Å². The fraction of sp³-hybridized carbons (Fsp3) is 0.333. The maximum atomic E-state index is 12.7. The topological polar surface area (TPSA) is 75.4 Å². The number of thiophene rings is 1. The first-order valence-electron chi connectivity index (χ1n) is 9.95. The second-order valence-corrected chi connectivity index (χ2v) is 9.05. The van der Waals surface area contributed by atoms with Gasteiger partial charge in [-0.05, 0) is 43.9 Å². The third-order valence-electron chi connectivity index (χ3n) is 5.78. The summed E-state index contributed by atoms with van der Waals surface area (Å²) in [6, 6.07) is 3.88. The van der Waals surface area contributed by atoms with E-state index in [2.05, 4.69) is 20.4 Å². The molecule has 0 aromatic carbocycles. The van der Waals surface area contributed by atoms with Gasteiger partial charge in [-0.2, -0.15) is 5.10 Å². The zero-order valence-electron chi connectivity index (χ0n) is 16.7. The number of hydrogen-bond donors (Lipinski definition) is 1. The molecule has 1 unspecified atom stereocenters. The first-order chi connectivity index (χ1) is 14.5. The summed E-state index contributed by atoms with van der Waals surface area (Å²) >= 11 is 8.13. The van der Waals surface area contributed by atoms with Crippen molar-refractivity contribution in [2.45, 2.75) is 26.2 Å². The Bertz CT molecular complexity index is 1270. The molecule has 1 amide bonds. The molecule has 1 atom stereocenters. The average Bonchev–Trinajstić information content (AvgIpc) is 3.36. The predicted molar refractivity (Wildman–Crippen MR) is 120 cm³/mol. The highest BCUT2D eigenvalue weighted by atomic mass is 35.5. The molecule has 30 heavy (non-hydrogen) atoms. The second kappa shape index (κ2) is 7.52. The molecule has 0 bridgehead atoms. The molecule has 5 rings (SSSR count). The van der Waals surface area contributed by atoms with Crippen molar-refractivity contribution >= 4 is 56.1 Å². The number of nitrogens with zero attached hydrogens (tertiary/aromatic N) is 5. The van der Waals surface area contributed by atoms with Gasteiger partial charge in [-0.15, -0.1) is 11.3 Å². The molecular weight excluding hydrogens is 420 g/mol. The number of halogens is 1. The number of carbonyl (C=O) groups excluding carboxylic acids is 1. The molecule has 154 valence electrons. The minimum Gasteiger partial charge on any atom is -0.346 e. The van der Waals surface area contributed by atoms with Crippen LogP contribution in [0.2, 0.25) is 5.02 Å². The second-order valence-electron chi connectivity index (χ2n) is 7.56. The van der Waals surface area contributed by atoms with Crippen LogP contribution in [0.5, 0.6) is 0 Å². The van der Waals surface area contributed by atoms with Crippen LogP contribution in [0.15, 0.2) is 30.9 Å². The largest absolute Gasteiger partial charge is 0.346 e. The molecule has 0 fully saturated rings. The summed E-state index contributed by atoms with van der Waals surface area (Å²) in [4.78, 5) is 25.7. The number of fused-ring (bicyclic) bond motifs is 4. The molecule has 0 saturated heterocycles. The molecule has 9 heteroatoms. The molecule has 4 aromatic heterocycles. The predicted octanol–water partition coefficient (Wildman–Crippen LogP) is 4.32. The lowest BCUT2D eigenvalue weighted by molar-refractivity contribution is -0.134. The van der Waals surface area contributed by atoms with Gasteiger partial charge in [0.1, 0.15) is 17.0 Å². The monoisotopic (exact) mass is 440 g/mol. The Morgan fingerprint density at radius 1 is 1.43 bits per heavy atom. The van der Waals surface area contributed by atoms with Crippen molar-refractivity contribution in [1.82, 2.24) is 24.5 Å². The van der Waals surface area contributed by atoms with Crippen LogP contribution < -0.4 is 5.32 Å². The van der Waals surface area contributed by atoms with E-state index in [9.17, 15) is 4.79 Å². The van der Waals surface area contributed by atoms with Crippen molar-refractivity contribution in [2.24, 2.45) is 5.92 Å². The summed E-state index contributed by atoms with van der Waals surface area (Å²) in [6.07, 6.45) is 7.55. The van der Waals surface area contributed by atoms with Crippen LogP contribution in [0.1, 0.15) is 23.8 Å². The van der Waals surface area contributed by atoms with Crippen molar-refractivity contribution in [2.75, 3.05) is 18.9 Å². The number of rotatable bonds is 4. The Labute approximate surface area is 182 Å². The normalized spacial score (nSPS) is 16.0. The molecule has 4 aromatic rings. The highest BCUT2D eigenvalue weighted by Gasteiger charge is 2.30. The average molecular weight is 441 g/mol. The third-order valence-corrected chi connectivity index (χ3v) is 7.25. The van der Waals surface area contributed by atoms with Crippen LogP contribution in [0.3, 0.4) is 0 Å². The number of carbonyl (C=O) groups is 1. The minimum atomic E-state index is 0.0404. The minimum absolute atomic E-state index is 0.0404. The lowest BCUT2D eigenvalue weighted by atomic mass is 9.87. The molecule has 0 aliphatic heterocycles. The van der Waals surface area contributed by atoms with E-state index < -0.39 is 0 Å². The van der Waals surface area contributed by atoms with Gasteiger partial charge in [0.2, 0.25) is 5.91 Å². The Hall–Kier alpha value is -2.71. The molecule has 1 aliphatic rings. The zero-order chi connectivity index (χ0) is 20.8. The molecular formula is C21H21ClN6OS. The van der Waals surface area contributed by atoms with Gasteiger partial charge >= 0.3 is 0 Å². The molecule has 4 heterocycles. The first kappa shape index (κ1) is 19.3. The maximum absolute atomic E-state index is 12.7. The lowest BCUT2D eigenvalue weighted by Gasteiger charge is -2.26. The standard InChI is InChI=1S/C21H21ClN6OS/c1-3-27(2)21(29)12-4-5-14-17(8-12)30-20-18(14)19(23-11-24-20)26-16-9-13-6-7-25-28(13)10-15(16)22/h6-7,9-12H,3-5,8H2,1-2H3,(H,23,24,26). The van der Waals surface area contributed by atoms with E-state index in [-0.39, 0.29) is 11.8 Å². The summed E-state index contributed by atoms with van der Waals surface area (Å²) in [6.45, 7) is 2.74. The van der Waals surface area contributed by atoms with Crippen molar-refractivity contribution in [1.29, 1.82) is 0 Å². The Morgan fingerprint density at radius 2 is 2.30 bits per heavy atom. The summed E-state index contributed by atoms with van der Waals surface area (Å²) in [5.74, 6) is 1.02. The fourth-order valence-electron chi connectivity index (χ4n) is 4.05. The quantitative estimate of drug-likeness (QED) is 0.511. The SMILES string of the molecule is CCN(C)C(=O)C1CCc2c(sc3ncnc(Nc4cc5ccnn5cc4Cl)c23)C1. The lowest BCUT2D eigenvalue weighted by Crippen LogP contribution is -2.35. The molecule has 0 radical (unpaired) electrons. The van der Waals surface area contributed by atoms with E-state index >= 15 is 0 Å². The molecule has 1 N–H and O–H groups in total. The highest BCUT2D eigenvalue weighted by Crippen LogP contribution is 2.41. The molecule has 0 spiro atoms. The summed E-state index contributed by atoms with van der Waals surface area (Å²) in [7, 11) is 1.87. The maximum Gasteiger partial charge on any atom is 0.225 e. The van der Waals surface area contributed by atoms with Crippen molar-refractivity contribution in [3.8, 4) is 0 Å². The van der Waals surface area contributed by atoms with Gasteiger partial charge in [-0.25, -0.2) is 14.5 Å². The molecule has 0 saturated carbocycles. The number of aryl methyl sites for hydroxylation is 1. The number of amides is 1. The van der Waals surface area contributed by atoms with E-state index in [4.69, 9.17) is 11.6 Å². The Kier molecular flexibility index (Phi) is 4.83. The van der Waals surface area contributed by atoms with Gasteiger partial charge in [-0.1, -0.05) is 11.6 Å². The van der Waals surface area contributed by atoms with Crippen LogP contribution in [0.25, 0.3) is 15.7 Å². The van der Waals surface area contributed by atoms with E-state index in [1.807, 2.05) is 31.0 Å². The van der Waals surface area contributed by atoms with Crippen molar-refractivity contribution < 1.29 is 4.79 Å². The summed E-state index contributed by atoms with van der Waals surface area (Å²) in [5.41, 5.74) is 2.97. The number of aromatic nitrogens is 4. The van der Waals surface area contributed by atoms with Gasteiger partial charge < -0.3 is 10.2 Å². The van der Waals surface area contributed by atoms with Crippen molar-refractivity contribution in [3.63, 3.8) is 0 Å². The van der Waals surface area contributed by atoms with Gasteiger partial charge in [0.05, 0.1) is 21.6 Å². The van der Waals surface area contributed by atoms with Crippen LogP contribution >= 0.6 is 22.9 Å². The van der Waals surface area contributed by atoms with Crippen molar-refractivity contribution in [3.05, 3.63) is 46.3 Å².